The summed E-state index contributed by atoms with van der Waals surface area (Å²) in [5, 5.41) is 5.19. The molecule has 1 aromatic rings. The number of hydrogen-bond donors (Lipinski definition) is 2. The molecule has 9 nitrogen and oxygen atoms in total. The lowest BCUT2D eigenvalue weighted by Crippen LogP contribution is -2.37. The minimum absolute atomic E-state index is 0.186. The lowest BCUT2D eigenvalue weighted by molar-refractivity contribution is 0.0525. The van der Waals surface area contributed by atoms with Gasteiger partial charge in [0.1, 0.15) is 5.60 Å². The second-order valence-electron chi connectivity index (χ2n) is 7.55. The third kappa shape index (κ3) is 6.02. The van der Waals surface area contributed by atoms with Gasteiger partial charge in [-0.05, 0) is 45.4 Å². The van der Waals surface area contributed by atoms with Crippen LogP contribution in [0.1, 0.15) is 58.3 Å². The molecule has 0 atom stereocenters. The Morgan fingerprint density at radius 1 is 1.03 bits per heavy atom. The van der Waals surface area contributed by atoms with Gasteiger partial charge in [-0.1, -0.05) is 0 Å². The van der Waals surface area contributed by atoms with Crippen LogP contribution in [0.2, 0.25) is 0 Å². The molecule has 0 aromatic heterocycles. The molecule has 0 saturated carbocycles. The fourth-order valence-electron chi connectivity index (χ4n) is 2.76. The Balaban J connectivity index is 1.90. The van der Waals surface area contributed by atoms with Crippen LogP contribution in [0.25, 0.3) is 0 Å². The third-order valence-corrected chi connectivity index (χ3v) is 4.04. The van der Waals surface area contributed by atoms with Crippen molar-refractivity contribution in [3.05, 3.63) is 34.9 Å². The van der Waals surface area contributed by atoms with E-state index in [2.05, 4.69) is 10.6 Å². The number of hydrogen-bond acceptors (Lipinski definition) is 6. The standard InChI is InChI=1S/C20H27N3O6/c1-20(2,3)29-19(27)22-9-8-21-16(24)13-6-7-14-15(12-13)18(26)23(17(14)25)10-5-11-28-4/h6-7,12H,5,8-11H2,1-4H3,(H,21,24)(H,22,27). The van der Waals surface area contributed by atoms with Crippen LogP contribution in [0.15, 0.2) is 18.2 Å². The van der Waals surface area contributed by atoms with Crippen LogP contribution >= 0.6 is 0 Å². The summed E-state index contributed by atoms with van der Waals surface area (Å²) in [4.78, 5) is 49.9. The summed E-state index contributed by atoms with van der Waals surface area (Å²) in [5.74, 6) is -1.19. The van der Waals surface area contributed by atoms with E-state index in [-0.39, 0.29) is 42.2 Å². The van der Waals surface area contributed by atoms with Crippen LogP contribution in [-0.4, -0.2) is 67.7 Å². The minimum Gasteiger partial charge on any atom is -0.444 e. The molecule has 0 radical (unpaired) electrons. The summed E-state index contributed by atoms with van der Waals surface area (Å²) < 4.78 is 10.1. The molecule has 158 valence electrons. The molecule has 1 heterocycles. The average Bonchev–Trinajstić information content (AvgIpc) is 2.88. The zero-order chi connectivity index (χ0) is 21.6. The Kier molecular flexibility index (Phi) is 7.33. The van der Waals surface area contributed by atoms with Crippen molar-refractivity contribution in [3.8, 4) is 0 Å². The molecule has 1 aromatic carbocycles. The number of benzene rings is 1. The molecule has 29 heavy (non-hydrogen) atoms. The van der Waals surface area contributed by atoms with Crippen molar-refractivity contribution in [1.29, 1.82) is 0 Å². The highest BCUT2D eigenvalue weighted by Crippen LogP contribution is 2.24. The largest absolute Gasteiger partial charge is 0.444 e. The quantitative estimate of drug-likeness (QED) is 0.501. The molecule has 0 saturated heterocycles. The van der Waals surface area contributed by atoms with Gasteiger partial charge in [0.05, 0.1) is 11.1 Å². The van der Waals surface area contributed by atoms with Gasteiger partial charge in [-0.15, -0.1) is 0 Å². The predicted octanol–water partition coefficient (Wildman–Crippen LogP) is 1.57. The number of nitrogens with one attached hydrogen (secondary N) is 2. The molecule has 9 heteroatoms. The van der Waals surface area contributed by atoms with Gasteiger partial charge in [-0.2, -0.15) is 0 Å². The molecule has 0 spiro atoms. The van der Waals surface area contributed by atoms with Crippen molar-refractivity contribution in [2.24, 2.45) is 0 Å². The maximum atomic E-state index is 12.5. The van der Waals surface area contributed by atoms with Gasteiger partial charge in [-0.3, -0.25) is 19.3 Å². The van der Waals surface area contributed by atoms with E-state index in [1.165, 1.54) is 18.2 Å². The normalized spacial score (nSPS) is 13.3. The first-order valence-corrected chi connectivity index (χ1v) is 9.38. The van der Waals surface area contributed by atoms with Gasteiger partial charge in [0, 0.05) is 38.9 Å². The van der Waals surface area contributed by atoms with Gasteiger partial charge in [0.25, 0.3) is 17.7 Å². The van der Waals surface area contributed by atoms with Gasteiger partial charge in [-0.25, -0.2) is 4.79 Å². The molecule has 0 unspecified atom stereocenters. The summed E-state index contributed by atoms with van der Waals surface area (Å²) >= 11 is 0. The van der Waals surface area contributed by atoms with Crippen LogP contribution < -0.4 is 10.6 Å². The van der Waals surface area contributed by atoms with Gasteiger partial charge in [0.2, 0.25) is 0 Å². The monoisotopic (exact) mass is 405 g/mol. The summed E-state index contributed by atoms with van der Waals surface area (Å²) in [6.07, 6.45) is -0.0260. The van der Waals surface area contributed by atoms with Crippen LogP contribution in [-0.2, 0) is 9.47 Å². The van der Waals surface area contributed by atoms with E-state index in [1.807, 2.05) is 0 Å². The fraction of sp³-hybridized carbons (Fsp3) is 0.500. The predicted molar refractivity (Wildman–Crippen MR) is 105 cm³/mol. The average molecular weight is 405 g/mol. The number of nitrogens with zero attached hydrogens (tertiary/aromatic N) is 1. The van der Waals surface area contributed by atoms with Crippen LogP contribution in [0, 0.1) is 0 Å². The zero-order valence-corrected chi connectivity index (χ0v) is 17.2. The fourth-order valence-corrected chi connectivity index (χ4v) is 2.76. The number of fused-ring (bicyclic) bond motifs is 1. The highest BCUT2D eigenvalue weighted by molar-refractivity contribution is 6.22. The van der Waals surface area contributed by atoms with Crippen molar-refractivity contribution in [3.63, 3.8) is 0 Å². The van der Waals surface area contributed by atoms with Crippen LogP contribution in [0.4, 0.5) is 4.79 Å². The van der Waals surface area contributed by atoms with Gasteiger partial charge < -0.3 is 20.1 Å². The number of carbonyl (C=O) groups is 4. The highest BCUT2D eigenvalue weighted by atomic mass is 16.6. The van der Waals surface area contributed by atoms with Crippen molar-refractivity contribution in [1.82, 2.24) is 15.5 Å². The maximum absolute atomic E-state index is 12.5. The molecule has 0 fully saturated rings. The van der Waals surface area contributed by atoms with E-state index < -0.39 is 23.5 Å². The second-order valence-corrected chi connectivity index (χ2v) is 7.55. The number of imide groups is 1. The van der Waals surface area contributed by atoms with E-state index in [9.17, 15) is 19.2 Å². The summed E-state index contributed by atoms with van der Waals surface area (Å²) in [7, 11) is 1.55. The maximum Gasteiger partial charge on any atom is 0.407 e. The number of rotatable bonds is 8. The molecule has 4 amide bonds. The SMILES string of the molecule is COCCCN1C(=O)c2ccc(C(=O)NCCNC(=O)OC(C)(C)C)cc2C1=O. The Labute approximate surface area is 169 Å². The van der Waals surface area contributed by atoms with Crippen molar-refractivity contribution < 1.29 is 28.7 Å². The lowest BCUT2D eigenvalue weighted by Gasteiger charge is -2.19. The lowest BCUT2D eigenvalue weighted by atomic mass is 10.1. The Morgan fingerprint density at radius 3 is 2.34 bits per heavy atom. The third-order valence-electron chi connectivity index (χ3n) is 4.04. The molecule has 2 rings (SSSR count). The smallest absolute Gasteiger partial charge is 0.407 e. The first-order valence-electron chi connectivity index (χ1n) is 9.38. The molecule has 0 aliphatic carbocycles. The molecular weight excluding hydrogens is 378 g/mol. The van der Waals surface area contributed by atoms with Crippen LogP contribution in [0.5, 0.6) is 0 Å². The molecule has 2 N–H and O–H groups in total. The number of carbonyl (C=O) groups excluding carboxylic acids is 4. The first-order chi connectivity index (χ1) is 13.6. The Bertz CT molecular complexity index is 800. The number of amides is 4. The Morgan fingerprint density at radius 2 is 1.69 bits per heavy atom. The highest BCUT2D eigenvalue weighted by Gasteiger charge is 2.35. The second kappa shape index (κ2) is 9.51. The topological polar surface area (TPSA) is 114 Å². The van der Waals surface area contributed by atoms with Gasteiger partial charge in [0.15, 0.2) is 0 Å². The number of alkyl carbamates (subject to hydrolysis) is 1. The van der Waals surface area contributed by atoms with Crippen molar-refractivity contribution in [2.45, 2.75) is 32.8 Å². The van der Waals surface area contributed by atoms with E-state index in [0.717, 1.165) is 4.90 Å². The van der Waals surface area contributed by atoms with E-state index in [0.29, 0.717) is 13.0 Å². The summed E-state index contributed by atoms with van der Waals surface area (Å²) in [6.45, 7) is 6.35. The van der Waals surface area contributed by atoms with Crippen molar-refractivity contribution in [2.75, 3.05) is 33.4 Å². The first kappa shape index (κ1) is 22.4. The zero-order valence-electron chi connectivity index (χ0n) is 17.2. The van der Waals surface area contributed by atoms with Gasteiger partial charge >= 0.3 is 6.09 Å². The molecule has 1 aliphatic rings. The van der Waals surface area contributed by atoms with E-state index in [1.54, 1.807) is 27.9 Å². The number of ether oxygens (including phenoxy) is 2. The molecular formula is C20H27N3O6. The summed E-state index contributed by atoms with van der Waals surface area (Å²) in [5.41, 5.74) is 0.169. The minimum atomic E-state index is -0.598. The number of methoxy groups -OCH3 is 1. The molecule has 1 aliphatic heterocycles. The molecule has 0 bridgehead atoms. The Hall–Kier alpha value is -2.94. The van der Waals surface area contributed by atoms with Crippen LogP contribution in [0.3, 0.4) is 0 Å². The van der Waals surface area contributed by atoms with E-state index in [4.69, 9.17) is 9.47 Å². The summed E-state index contributed by atoms with van der Waals surface area (Å²) in [6, 6.07) is 4.40. The van der Waals surface area contributed by atoms with Crippen molar-refractivity contribution >= 4 is 23.8 Å². The van der Waals surface area contributed by atoms with E-state index >= 15 is 0 Å².